The summed E-state index contributed by atoms with van der Waals surface area (Å²) in [5, 5.41) is 9.98. The summed E-state index contributed by atoms with van der Waals surface area (Å²) in [6.07, 6.45) is -0.779. The van der Waals surface area contributed by atoms with Crippen molar-refractivity contribution in [3.63, 3.8) is 0 Å². The number of aliphatic hydroxyl groups is 1. The lowest BCUT2D eigenvalue weighted by atomic mass is 10.1. The molecule has 0 saturated heterocycles. The Morgan fingerprint density at radius 3 is 2.25 bits per heavy atom. The molecule has 1 N–H and O–H groups in total. The molecule has 0 fully saturated rings. The van der Waals surface area contributed by atoms with Crippen LogP contribution in [0.2, 0.25) is 0 Å². The lowest BCUT2D eigenvalue weighted by Crippen LogP contribution is -2.18. The standard InChI is InChI=1S/C13H20O3/c1-4-15-10(3)13(14)11-6-8-12(9-7-11)16-5-2/h6-10,13-14H,4-5H2,1-3H3. The van der Waals surface area contributed by atoms with Crippen LogP contribution in [0.3, 0.4) is 0 Å². The fourth-order valence-electron chi connectivity index (χ4n) is 1.55. The van der Waals surface area contributed by atoms with Gasteiger partial charge in [-0.05, 0) is 38.5 Å². The van der Waals surface area contributed by atoms with E-state index in [1.807, 2.05) is 45.0 Å². The smallest absolute Gasteiger partial charge is 0.119 e. The third-order valence-corrected chi connectivity index (χ3v) is 2.41. The van der Waals surface area contributed by atoms with E-state index in [-0.39, 0.29) is 6.10 Å². The average molecular weight is 224 g/mol. The van der Waals surface area contributed by atoms with Gasteiger partial charge in [0.15, 0.2) is 0 Å². The second-order valence-electron chi connectivity index (χ2n) is 3.61. The van der Waals surface area contributed by atoms with Crippen LogP contribution in [-0.4, -0.2) is 24.4 Å². The van der Waals surface area contributed by atoms with Gasteiger partial charge in [-0.15, -0.1) is 0 Å². The van der Waals surface area contributed by atoms with Crippen molar-refractivity contribution >= 4 is 0 Å². The van der Waals surface area contributed by atoms with Crippen molar-refractivity contribution in [2.45, 2.75) is 33.0 Å². The first-order chi connectivity index (χ1) is 7.69. The summed E-state index contributed by atoms with van der Waals surface area (Å²) < 4.78 is 10.7. The number of ether oxygens (including phenoxy) is 2. The molecule has 1 aromatic rings. The van der Waals surface area contributed by atoms with Crippen LogP contribution in [-0.2, 0) is 4.74 Å². The van der Waals surface area contributed by atoms with Gasteiger partial charge in [-0.2, -0.15) is 0 Å². The van der Waals surface area contributed by atoms with Gasteiger partial charge in [0.1, 0.15) is 11.9 Å². The van der Waals surface area contributed by atoms with Gasteiger partial charge in [-0.25, -0.2) is 0 Å². The Morgan fingerprint density at radius 1 is 1.12 bits per heavy atom. The summed E-state index contributed by atoms with van der Waals surface area (Å²) in [6, 6.07) is 7.46. The highest BCUT2D eigenvalue weighted by Crippen LogP contribution is 2.21. The average Bonchev–Trinajstić information content (AvgIpc) is 2.30. The summed E-state index contributed by atoms with van der Waals surface area (Å²) in [4.78, 5) is 0. The lowest BCUT2D eigenvalue weighted by molar-refractivity contribution is -0.0227. The minimum atomic E-state index is -0.587. The molecule has 2 atom stereocenters. The molecule has 0 aromatic heterocycles. The van der Waals surface area contributed by atoms with Gasteiger partial charge in [0.05, 0.1) is 12.7 Å². The largest absolute Gasteiger partial charge is 0.494 e. The van der Waals surface area contributed by atoms with Crippen LogP contribution in [0, 0.1) is 0 Å². The second kappa shape index (κ2) is 6.51. The van der Waals surface area contributed by atoms with E-state index in [9.17, 15) is 5.11 Å². The molecular formula is C13H20O3. The minimum Gasteiger partial charge on any atom is -0.494 e. The zero-order chi connectivity index (χ0) is 12.0. The first kappa shape index (κ1) is 13.0. The highest BCUT2D eigenvalue weighted by atomic mass is 16.5. The van der Waals surface area contributed by atoms with Gasteiger partial charge in [-0.3, -0.25) is 0 Å². The van der Waals surface area contributed by atoms with Gasteiger partial charge in [0.2, 0.25) is 0 Å². The molecule has 0 saturated carbocycles. The SMILES string of the molecule is CCOc1ccc(C(O)C(C)OCC)cc1. The van der Waals surface area contributed by atoms with Crippen LogP contribution in [0.5, 0.6) is 5.75 Å². The number of benzene rings is 1. The molecule has 90 valence electrons. The van der Waals surface area contributed by atoms with Gasteiger partial charge >= 0.3 is 0 Å². The first-order valence-corrected chi connectivity index (χ1v) is 5.71. The van der Waals surface area contributed by atoms with Crippen molar-refractivity contribution in [3.05, 3.63) is 29.8 Å². The predicted molar refractivity (Wildman–Crippen MR) is 63.7 cm³/mol. The Morgan fingerprint density at radius 2 is 1.75 bits per heavy atom. The molecule has 1 aromatic carbocycles. The Bertz CT molecular complexity index is 295. The van der Waals surface area contributed by atoms with E-state index in [0.717, 1.165) is 11.3 Å². The number of aliphatic hydroxyl groups excluding tert-OH is 1. The highest BCUT2D eigenvalue weighted by molar-refractivity contribution is 5.28. The third kappa shape index (κ3) is 3.51. The third-order valence-electron chi connectivity index (χ3n) is 2.41. The summed E-state index contributed by atoms with van der Waals surface area (Å²) >= 11 is 0. The summed E-state index contributed by atoms with van der Waals surface area (Å²) in [6.45, 7) is 6.98. The Kier molecular flexibility index (Phi) is 5.29. The van der Waals surface area contributed by atoms with Crippen molar-refractivity contribution in [2.24, 2.45) is 0 Å². The molecule has 0 radical (unpaired) electrons. The molecule has 0 aliphatic heterocycles. The van der Waals surface area contributed by atoms with Gasteiger partial charge in [0, 0.05) is 6.61 Å². The minimum absolute atomic E-state index is 0.192. The molecule has 2 unspecified atom stereocenters. The van der Waals surface area contributed by atoms with Gasteiger partial charge < -0.3 is 14.6 Å². The fraction of sp³-hybridized carbons (Fsp3) is 0.538. The van der Waals surface area contributed by atoms with Crippen LogP contribution < -0.4 is 4.74 Å². The molecule has 1 rings (SSSR count). The monoisotopic (exact) mass is 224 g/mol. The maximum Gasteiger partial charge on any atom is 0.119 e. The summed E-state index contributed by atoms with van der Waals surface area (Å²) in [5.74, 6) is 0.822. The van der Waals surface area contributed by atoms with E-state index >= 15 is 0 Å². The Balaban J connectivity index is 2.65. The van der Waals surface area contributed by atoms with E-state index in [4.69, 9.17) is 9.47 Å². The molecule has 0 aliphatic carbocycles. The van der Waals surface area contributed by atoms with Gasteiger partial charge in [0.25, 0.3) is 0 Å². The topological polar surface area (TPSA) is 38.7 Å². The zero-order valence-corrected chi connectivity index (χ0v) is 10.1. The maximum absolute atomic E-state index is 9.98. The molecule has 0 bridgehead atoms. The van der Waals surface area contributed by atoms with Crippen molar-refractivity contribution in [3.8, 4) is 5.75 Å². The van der Waals surface area contributed by atoms with E-state index in [0.29, 0.717) is 13.2 Å². The zero-order valence-electron chi connectivity index (χ0n) is 10.1. The van der Waals surface area contributed by atoms with E-state index in [1.54, 1.807) is 0 Å². The van der Waals surface area contributed by atoms with Crippen LogP contribution in [0.1, 0.15) is 32.4 Å². The van der Waals surface area contributed by atoms with E-state index in [1.165, 1.54) is 0 Å². The molecular weight excluding hydrogens is 204 g/mol. The van der Waals surface area contributed by atoms with Crippen molar-refractivity contribution in [1.82, 2.24) is 0 Å². The van der Waals surface area contributed by atoms with Crippen LogP contribution in [0.15, 0.2) is 24.3 Å². The van der Waals surface area contributed by atoms with Crippen LogP contribution in [0.4, 0.5) is 0 Å². The maximum atomic E-state index is 9.98. The van der Waals surface area contributed by atoms with Crippen molar-refractivity contribution < 1.29 is 14.6 Å². The molecule has 3 nitrogen and oxygen atoms in total. The molecule has 0 amide bonds. The highest BCUT2D eigenvalue weighted by Gasteiger charge is 2.16. The van der Waals surface area contributed by atoms with E-state index in [2.05, 4.69) is 0 Å². The Hall–Kier alpha value is -1.06. The van der Waals surface area contributed by atoms with Crippen LogP contribution in [0.25, 0.3) is 0 Å². The molecule has 0 heterocycles. The summed E-state index contributed by atoms with van der Waals surface area (Å²) in [5.41, 5.74) is 0.851. The second-order valence-corrected chi connectivity index (χ2v) is 3.61. The predicted octanol–water partition coefficient (Wildman–Crippen LogP) is 2.54. The molecule has 16 heavy (non-hydrogen) atoms. The van der Waals surface area contributed by atoms with Crippen molar-refractivity contribution in [2.75, 3.05) is 13.2 Å². The molecule has 0 aliphatic rings. The summed E-state index contributed by atoms with van der Waals surface area (Å²) in [7, 11) is 0. The number of hydrogen-bond acceptors (Lipinski definition) is 3. The molecule has 0 spiro atoms. The lowest BCUT2D eigenvalue weighted by Gasteiger charge is -2.19. The number of hydrogen-bond donors (Lipinski definition) is 1. The Labute approximate surface area is 97.0 Å². The van der Waals surface area contributed by atoms with Gasteiger partial charge in [-0.1, -0.05) is 12.1 Å². The van der Waals surface area contributed by atoms with Crippen molar-refractivity contribution in [1.29, 1.82) is 0 Å². The first-order valence-electron chi connectivity index (χ1n) is 5.71. The fourth-order valence-corrected chi connectivity index (χ4v) is 1.55. The molecule has 3 heteroatoms. The van der Waals surface area contributed by atoms with Crippen LogP contribution >= 0.6 is 0 Å². The van der Waals surface area contributed by atoms with E-state index < -0.39 is 6.10 Å². The quantitative estimate of drug-likeness (QED) is 0.807. The normalized spacial score (nSPS) is 14.5. The number of rotatable bonds is 6.